The van der Waals surface area contributed by atoms with E-state index in [4.69, 9.17) is 4.42 Å². The van der Waals surface area contributed by atoms with Crippen molar-refractivity contribution in [1.29, 1.82) is 0 Å². The summed E-state index contributed by atoms with van der Waals surface area (Å²) in [4.78, 5) is 11.5. The highest BCUT2D eigenvalue weighted by Gasteiger charge is 2.12. The summed E-state index contributed by atoms with van der Waals surface area (Å²) in [6.07, 6.45) is 0.866. The first-order valence-electron chi connectivity index (χ1n) is 7.31. The van der Waals surface area contributed by atoms with Crippen molar-refractivity contribution in [2.24, 2.45) is 7.05 Å². The zero-order chi connectivity index (χ0) is 15.8. The van der Waals surface area contributed by atoms with Crippen LogP contribution in [0.3, 0.4) is 0 Å². The third-order valence-electron chi connectivity index (χ3n) is 3.99. The Morgan fingerprint density at radius 2 is 1.83 bits per heavy atom. The van der Waals surface area contributed by atoms with Crippen LogP contribution in [-0.4, -0.2) is 10.9 Å². The molecule has 0 unspecified atom stereocenters. The first kappa shape index (κ1) is 13.4. The summed E-state index contributed by atoms with van der Waals surface area (Å²) in [6, 6.07) is 17.5. The highest BCUT2D eigenvalue weighted by molar-refractivity contribution is 6.00. The third-order valence-corrected chi connectivity index (χ3v) is 3.99. The molecule has 0 fully saturated rings. The zero-order valence-electron chi connectivity index (χ0n) is 12.5. The molecule has 0 aliphatic rings. The van der Waals surface area contributed by atoms with Gasteiger partial charge in [-0.2, -0.15) is 0 Å². The Kier molecular flexibility index (Phi) is 3.03. The van der Waals surface area contributed by atoms with Gasteiger partial charge < -0.3 is 8.98 Å². The van der Waals surface area contributed by atoms with Crippen LogP contribution < -0.4 is 0 Å². The van der Waals surface area contributed by atoms with E-state index in [1.807, 2.05) is 66.2 Å². The fraction of sp³-hybridized carbons (Fsp3) is 0.0500. The van der Waals surface area contributed by atoms with Gasteiger partial charge >= 0.3 is 0 Å². The van der Waals surface area contributed by atoms with Gasteiger partial charge in [-0.25, -0.2) is 0 Å². The average molecular weight is 299 g/mol. The number of aryl methyl sites for hydroxylation is 1. The number of nitrogens with zero attached hydrogens (tertiary/aromatic N) is 1. The van der Waals surface area contributed by atoms with Crippen LogP contribution >= 0.6 is 0 Å². The predicted molar refractivity (Wildman–Crippen MR) is 90.5 cm³/mol. The van der Waals surface area contributed by atoms with Crippen molar-refractivity contribution in [3.8, 4) is 11.8 Å². The highest BCUT2D eigenvalue weighted by atomic mass is 16.3. The van der Waals surface area contributed by atoms with Crippen molar-refractivity contribution in [2.75, 3.05) is 0 Å². The zero-order valence-corrected chi connectivity index (χ0v) is 12.5. The fourth-order valence-corrected chi connectivity index (χ4v) is 2.86. The number of aromatic nitrogens is 1. The van der Waals surface area contributed by atoms with Crippen LogP contribution in [0, 0.1) is 11.8 Å². The van der Waals surface area contributed by atoms with Gasteiger partial charge in [0.2, 0.25) is 0 Å². The van der Waals surface area contributed by atoms with Gasteiger partial charge in [0.05, 0.1) is 5.56 Å². The molecule has 23 heavy (non-hydrogen) atoms. The van der Waals surface area contributed by atoms with Crippen LogP contribution in [0.2, 0.25) is 0 Å². The van der Waals surface area contributed by atoms with Crippen molar-refractivity contribution in [3.05, 3.63) is 71.6 Å². The summed E-state index contributed by atoms with van der Waals surface area (Å²) >= 11 is 0. The molecule has 3 nitrogen and oxygen atoms in total. The summed E-state index contributed by atoms with van der Waals surface area (Å²) in [5.41, 5.74) is 3.11. The topological polar surface area (TPSA) is 35.1 Å². The van der Waals surface area contributed by atoms with Gasteiger partial charge in [0, 0.05) is 29.4 Å². The molecule has 0 spiro atoms. The summed E-state index contributed by atoms with van der Waals surface area (Å²) in [6.45, 7) is 0. The van der Waals surface area contributed by atoms with Crippen molar-refractivity contribution >= 4 is 28.2 Å². The SMILES string of the molecule is Cn1c(C#Cc2cc3ccccc3o2)c(C=O)c2ccccc21. The van der Waals surface area contributed by atoms with Crippen LogP contribution in [0.4, 0.5) is 0 Å². The minimum Gasteiger partial charge on any atom is -0.448 e. The summed E-state index contributed by atoms with van der Waals surface area (Å²) in [5.74, 6) is 6.71. The van der Waals surface area contributed by atoms with Gasteiger partial charge in [-0.05, 0) is 24.0 Å². The molecule has 2 heterocycles. The summed E-state index contributed by atoms with van der Waals surface area (Å²) in [5, 5.41) is 1.93. The second-order valence-electron chi connectivity index (χ2n) is 5.35. The standard InChI is InChI=1S/C20H13NO2/c1-21-18-8-4-3-7-16(18)17(13-22)19(21)11-10-15-12-14-6-2-5-9-20(14)23-15/h2-9,12-13H,1H3. The lowest BCUT2D eigenvalue weighted by Crippen LogP contribution is -1.93. The van der Waals surface area contributed by atoms with E-state index in [0.717, 1.165) is 28.2 Å². The number of benzene rings is 2. The number of aldehydes is 1. The number of hydrogen-bond donors (Lipinski definition) is 0. The van der Waals surface area contributed by atoms with Gasteiger partial charge in [-0.15, -0.1) is 0 Å². The smallest absolute Gasteiger partial charge is 0.178 e. The van der Waals surface area contributed by atoms with E-state index in [1.54, 1.807) is 0 Å². The second kappa shape index (κ2) is 5.19. The van der Waals surface area contributed by atoms with E-state index in [2.05, 4.69) is 11.8 Å². The first-order valence-corrected chi connectivity index (χ1v) is 7.31. The van der Waals surface area contributed by atoms with E-state index >= 15 is 0 Å². The van der Waals surface area contributed by atoms with Gasteiger partial charge in [-0.1, -0.05) is 36.4 Å². The second-order valence-corrected chi connectivity index (χ2v) is 5.35. The van der Waals surface area contributed by atoms with E-state index in [0.29, 0.717) is 17.0 Å². The maximum atomic E-state index is 11.5. The summed E-state index contributed by atoms with van der Waals surface area (Å²) < 4.78 is 7.65. The summed E-state index contributed by atoms with van der Waals surface area (Å²) in [7, 11) is 1.91. The molecule has 2 aromatic heterocycles. The number of hydrogen-bond acceptors (Lipinski definition) is 2. The molecule has 3 heteroatoms. The van der Waals surface area contributed by atoms with Crippen LogP contribution in [0.1, 0.15) is 21.8 Å². The van der Waals surface area contributed by atoms with Crippen molar-refractivity contribution in [1.82, 2.24) is 4.57 Å². The van der Waals surface area contributed by atoms with Gasteiger partial charge in [0.1, 0.15) is 11.3 Å². The van der Waals surface area contributed by atoms with Gasteiger partial charge in [-0.3, -0.25) is 4.79 Å². The molecular formula is C20H13NO2. The molecule has 0 aliphatic heterocycles. The molecule has 0 aliphatic carbocycles. The largest absolute Gasteiger partial charge is 0.448 e. The lowest BCUT2D eigenvalue weighted by molar-refractivity contribution is 0.112. The number of para-hydroxylation sites is 2. The van der Waals surface area contributed by atoms with Gasteiger partial charge in [0.25, 0.3) is 0 Å². The average Bonchev–Trinajstić information content (AvgIpc) is 3.12. The molecule has 4 rings (SSSR count). The fourth-order valence-electron chi connectivity index (χ4n) is 2.86. The molecule has 0 atom stereocenters. The predicted octanol–water partition coefficient (Wildman–Crippen LogP) is 4.14. The molecule has 0 saturated heterocycles. The Balaban J connectivity index is 1.87. The maximum Gasteiger partial charge on any atom is 0.178 e. The Morgan fingerprint density at radius 1 is 1.04 bits per heavy atom. The number of carbonyl (C=O) groups is 1. The van der Waals surface area contributed by atoms with E-state index < -0.39 is 0 Å². The lowest BCUT2D eigenvalue weighted by atomic mass is 10.1. The molecule has 0 N–H and O–H groups in total. The minimum atomic E-state index is 0.591. The molecule has 0 radical (unpaired) electrons. The lowest BCUT2D eigenvalue weighted by Gasteiger charge is -1.96. The Hall–Kier alpha value is -3.25. The molecule has 110 valence electrons. The Bertz CT molecular complexity index is 1070. The third kappa shape index (κ3) is 2.13. The maximum absolute atomic E-state index is 11.5. The van der Waals surface area contributed by atoms with Crippen LogP contribution in [0.25, 0.3) is 21.9 Å². The molecule has 2 aromatic carbocycles. The Labute approximate surface area is 133 Å². The van der Waals surface area contributed by atoms with Crippen LogP contribution in [0.5, 0.6) is 0 Å². The van der Waals surface area contributed by atoms with E-state index in [-0.39, 0.29) is 0 Å². The van der Waals surface area contributed by atoms with E-state index in [1.165, 1.54) is 0 Å². The molecule has 0 bridgehead atoms. The molecule has 4 aromatic rings. The van der Waals surface area contributed by atoms with E-state index in [9.17, 15) is 4.79 Å². The minimum absolute atomic E-state index is 0.591. The number of carbonyl (C=O) groups excluding carboxylic acids is 1. The highest BCUT2D eigenvalue weighted by Crippen LogP contribution is 2.23. The molecule has 0 saturated carbocycles. The van der Waals surface area contributed by atoms with Gasteiger partial charge in [0.15, 0.2) is 12.0 Å². The quantitative estimate of drug-likeness (QED) is 0.391. The normalized spacial score (nSPS) is 10.7. The number of fused-ring (bicyclic) bond motifs is 2. The molecule has 0 amide bonds. The first-order chi connectivity index (χ1) is 11.3. The Morgan fingerprint density at radius 3 is 2.65 bits per heavy atom. The van der Waals surface area contributed by atoms with Crippen LogP contribution in [0.15, 0.2) is 59.0 Å². The van der Waals surface area contributed by atoms with Crippen molar-refractivity contribution in [2.45, 2.75) is 0 Å². The van der Waals surface area contributed by atoms with Crippen molar-refractivity contribution < 1.29 is 9.21 Å². The molecular weight excluding hydrogens is 286 g/mol. The van der Waals surface area contributed by atoms with Crippen LogP contribution in [-0.2, 0) is 7.05 Å². The van der Waals surface area contributed by atoms with Crippen molar-refractivity contribution in [3.63, 3.8) is 0 Å². The number of furan rings is 1. The number of rotatable bonds is 1. The monoisotopic (exact) mass is 299 g/mol.